The summed E-state index contributed by atoms with van der Waals surface area (Å²) in [6.07, 6.45) is 0. The minimum atomic E-state index is -1.02. The Balaban J connectivity index is 2.80. The lowest BCUT2D eigenvalue weighted by Gasteiger charge is -2.11. The minimum Gasteiger partial charge on any atom is -0.298 e. The van der Waals surface area contributed by atoms with Crippen LogP contribution in [0.1, 0.15) is 0 Å². The number of hydrogen-bond donors (Lipinski definition) is 0. The van der Waals surface area contributed by atoms with Crippen molar-refractivity contribution in [2.75, 3.05) is 22.7 Å². The molecule has 2 nitrogen and oxygen atoms in total. The topological polar surface area (TPSA) is 6.48 Å². The quantitative estimate of drug-likeness (QED) is 0.408. The molecule has 1 heterocycles. The van der Waals surface area contributed by atoms with Crippen LogP contribution in [0.25, 0.3) is 0 Å². The molecule has 82 valence electrons. The fourth-order valence-electron chi connectivity index (χ4n) is 1.45. The van der Waals surface area contributed by atoms with E-state index >= 15 is 0 Å². The van der Waals surface area contributed by atoms with Gasteiger partial charge in [-0.25, -0.2) is 8.78 Å². The predicted octanol–water partition coefficient (Wildman–Crippen LogP) is 3.83. The molecule has 0 aliphatic carbocycles. The molecule has 0 spiro atoms. The van der Waals surface area contributed by atoms with Crippen molar-refractivity contribution in [3.05, 3.63) is 21.1 Å². The molecule has 1 aliphatic heterocycles. The standard InChI is InChI=1S/C8H6BrClF2N2S/c1-13-7-3(9)5(11)6(12)4(10)8(7)14(2)15-13/h1-2H3. The van der Waals surface area contributed by atoms with Gasteiger partial charge in [0.05, 0.1) is 28.0 Å². The molecule has 0 bridgehead atoms. The number of nitrogens with zero attached hydrogens (tertiary/aromatic N) is 2. The van der Waals surface area contributed by atoms with Gasteiger partial charge < -0.3 is 0 Å². The molecular formula is C8H6BrClF2N2S. The van der Waals surface area contributed by atoms with Crippen LogP contribution in [0.5, 0.6) is 0 Å². The first-order valence-corrected chi connectivity index (χ1v) is 5.86. The first-order chi connectivity index (χ1) is 6.95. The first kappa shape index (κ1) is 11.3. The molecule has 0 saturated heterocycles. The lowest BCUT2D eigenvalue weighted by Crippen LogP contribution is -2.06. The average Bonchev–Trinajstić information content (AvgIpc) is 2.47. The van der Waals surface area contributed by atoms with Gasteiger partial charge in [0.25, 0.3) is 0 Å². The van der Waals surface area contributed by atoms with Gasteiger partial charge in [0.2, 0.25) is 0 Å². The maximum Gasteiger partial charge on any atom is 0.180 e. The van der Waals surface area contributed by atoms with Gasteiger partial charge in [-0.05, 0) is 15.9 Å². The largest absolute Gasteiger partial charge is 0.298 e. The monoisotopic (exact) mass is 314 g/mol. The highest BCUT2D eigenvalue weighted by molar-refractivity contribution is 9.10. The van der Waals surface area contributed by atoms with E-state index in [-0.39, 0.29) is 9.50 Å². The highest BCUT2D eigenvalue weighted by Crippen LogP contribution is 2.52. The van der Waals surface area contributed by atoms with Gasteiger partial charge in [0.15, 0.2) is 11.6 Å². The van der Waals surface area contributed by atoms with Crippen LogP contribution in [-0.4, -0.2) is 14.1 Å². The summed E-state index contributed by atoms with van der Waals surface area (Å²) in [6, 6.07) is 0. The highest BCUT2D eigenvalue weighted by Gasteiger charge is 2.32. The Labute approximate surface area is 104 Å². The van der Waals surface area contributed by atoms with E-state index in [1.807, 2.05) is 0 Å². The van der Waals surface area contributed by atoms with Crippen molar-refractivity contribution in [3.63, 3.8) is 0 Å². The molecule has 0 unspecified atom stereocenters. The number of benzene rings is 1. The zero-order chi connectivity index (χ0) is 11.3. The summed E-state index contributed by atoms with van der Waals surface area (Å²) >= 11 is 10.1. The molecular weight excluding hydrogens is 310 g/mol. The molecule has 0 atom stereocenters. The van der Waals surface area contributed by atoms with Crippen molar-refractivity contribution >= 4 is 51.0 Å². The van der Waals surface area contributed by atoms with Crippen LogP contribution in [0.3, 0.4) is 0 Å². The highest BCUT2D eigenvalue weighted by atomic mass is 79.9. The van der Waals surface area contributed by atoms with Crippen LogP contribution in [0.4, 0.5) is 20.2 Å². The summed E-state index contributed by atoms with van der Waals surface area (Å²) in [4.78, 5) is 0. The third-order valence-electron chi connectivity index (χ3n) is 2.09. The van der Waals surface area contributed by atoms with Crippen molar-refractivity contribution in [2.24, 2.45) is 0 Å². The summed E-state index contributed by atoms with van der Waals surface area (Å²) in [5.41, 5.74) is 1.03. The Morgan fingerprint density at radius 1 is 1.13 bits per heavy atom. The molecule has 1 aliphatic rings. The third-order valence-corrected chi connectivity index (χ3v) is 4.02. The zero-order valence-corrected chi connectivity index (χ0v) is 11.0. The summed E-state index contributed by atoms with van der Waals surface area (Å²) in [5, 5.41) is -0.190. The van der Waals surface area contributed by atoms with E-state index < -0.39 is 11.6 Å². The van der Waals surface area contributed by atoms with Gasteiger partial charge in [-0.2, -0.15) is 0 Å². The molecule has 7 heteroatoms. The van der Waals surface area contributed by atoms with Gasteiger partial charge in [0, 0.05) is 14.1 Å². The fourth-order valence-corrected chi connectivity index (χ4v) is 3.43. The first-order valence-electron chi connectivity index (χ1n) is 3.96. The predicted molar refractivity (Wildman–Crippen MR) is 63.5 cm³/mol. The molecule has 15 heavy (non-hydrogen) atoms. The smallest absolute Gasteiger partial charge is 0.180 e. The molecule has 0 amide bonds. The van der Waals surface area contributed by atoms with Gasteiger partial charge in [0.1, 0.15) is 5.02 Å². The molecule has 2 rings (SSSR count). The Kier molecular flexibility index (Phi) is 2.77. The number of anilines is 2. The van der Waals surface area contributed by atoms with E-state index in [2.05, 4.69) is 15.9 Å². The van der Waals surface area contributed by atoms with Crippen molar-refractivity contribution in [2.45, 2.75) is 0 Å². The van der Waals surface area contributed by atoms with Crippen molar-refractivity contribution in [1.82, 2.24) is 0 Å². The van der Waals surface area contributed by atoms with Gasteiger partial charge in [-0.1, -0.05) is 11.6 Å². The number of halogens is 4. The second kappa shape index (κ2) is 3.68. The summed E-state index contributed by atoms with van der Waals surface area (Å²) in [5.74, 6) is -1.98. The Morgan fingerprint density at radius 2 is 1.67 bits per heavy atom. The summed E-state index contributed by atoms with van der Waals surface area (Å²) < 4.78 is 30.2. The van der Waals surface area contributed by atoms with Crippen LogP contribution >= 0.6 is 39.7 Å². The van der Waals surface area contributed by atoms with E-state index in [1.54, 1.807) is 22.7 Å². The van der Waals surface area contributed by atoms with E-state index in [9.17, 15) is 8.78 Å². The van der Waals surface area contributed by atoms with Crippen molar-refractivity contribution < 1.29 is 8.78 Å². The van der Waals surface area contributed by atoms with Crippen LogP contribution < -0.4 is 8.61 Å². The average molecular weight is 316 g/mol. The molecule has 0 fully saturated rings. The van der Waals surface area contributed by atoms with Crippen molar-refractivity contribution in [1.29, 1.82) is 0 Å². The van der Waals surface area contributed by atoms with Crippen LogP contribution in [0, 0.1) is 11.6 Å². The Bertz CT molecular complexity index is 404. The van der Waals surface area contributed by atoms with Gasteiger partial charge in [-0.15, -0.1) is 0 Å². The summed E-state index contributed by atoms with van der Waals surface area (Å²) in [7, 11) is 3.49. The SMILES string of the molecule is CN1SN(C)c2c(Br)c(F)c(F)c(Cl)c21. The van der Waals surface area contributed by atoms with E-state index in [1.165, 1.54) is 12.1 Å². The molecule has 0 N–H and O–H groups in total. The van der Waals surface area contributed by atoms with Crippen LogP contribution in [-0.2, 0) is 0 Å². The molecule has 1 aromatic rings. The molecule has 0 aromatic heterocycles. The number of rotatable bonds is 0. The Morgan fingerprint density at radius 3 is 2.27 bits per heavy atom. The number of hydrogen-bond acceptors (Lipinski definition) is 3. The van der Waals surface area contributed by atoms with E-state index in [4.69, 9.17) is 11.6 Å². The van der Waals surface area contributed by atoms with E-state index in [0.717, 1.165) is 0 Å². The van der Waals surface area contributed by atoms with Crippen LogP contribution in [0.2, 0.25) is 5.02 Å². The minimum absolute atomic E-state index is 0.0961. The molecule has 0 radical (unpaired) electrons. The summed E-state index contributed by atoms with van der Waals surface area (Å²) in [6.45, 7) is 0. The van der Waals surface area contributed by atoms with Crippen LogP contribution in [0.15, 0.2) is 4.47 Å². The van der Waals surface area contributed by atoms with Gasteiger partial charge in [-0.3, -0.25) is 8.61 Å². The molecule has 1 aromatic carbocycles. The lowest BCUT2D eigenvalue weighted by molar-refractivity contribution is 0.505. The van der Waals surface area contributed by atoms with Gasteiger partial charge >= 0.3 is 0 Å². The fraction of sp³-hybridized carbons (Fsp3) is 0.250. The zero-order valence-electron chi connectivity index (χ0n) is 7.81. The van der Waals surface area contributed by atoms with Crippen molar-refractivity contribution in [3.8, 4) is 0 Å². The molecule has 0 saturated carbocycles. The maximum absolute atomic E-state index is 13.4. The maximum atomic E-state index is 13.4. The second-order valence-electron chi connectivity index (χ2n) is 3.03. The normalized spacial score (nSPS) is 14.8. The lowest BCUT2D eigenvalue weighted by atomic mass is 10.2. The number of fused-ring (bicyclic) bond motifs is 1. The second-order valence-corrected chi connectivity index (χ2v) is 5.46. The Hall–Kier alpha value is -0.200. The van der Waals surface area contributed by atoms with E-state index in [0.29, 0.717) is 11.4 Å². The third kappa shape index (κ3) is 1.50.